The van der Waals surface area contributed by atoms with Crippen LogP contribution < -0.4 is 10.5 Å². The molecule has 0 aliphatic carbocycles. The number of hydrogen-bond donors (Lipinski definition) is 1. The second-order valence-corrected chi connectivity index (χ2v) is 3.15. The van der Waals surface area contributed by atoms with Crippen LogP contribution in [-0.4, -0.2) is 12.4 Å². The topological polar surface area (TPSA) is 52.3 Å². The van der Waals surface area contributed by atoms with Crippen molar-refractivity contribution in [3.63, 3.8) is 0 Å². The molecule has 0 spiro atoms. The van der Waals surface area contributed by atoms with Gasteiger partial charge >= 0.3 is 0 Å². The maximum atomic E-state index is 11.1. The lowest BCUT2D eigenvalue weighted by Crippen LogP contribution is -2.01. The third kappa shape index (κ3) is 2.49. The average molecular weight is 193 g/mol. The van der Waals surface area contributed by atoms with Crippen molar-refractivity contribution in [2.45, 2.75) is 20.3 Å². The zero-order valence-electron chi connectivity index (χ0n) is 8.54. The van der Waals surface area contributed by atoms with E-state index in [1.165, 1.54) is 6.92 Å². The summed E-state index contributed by atoms with van der Waals surface area (Å²) in [4.78, 5) is 11.1. The molecule has 0 saturated carbocycles. The van der Waals surface area contributed by atoms with Gasteiger partial charge in [0, 0.05) is 17.3 Å². The van der Waals surface area contributed by atoms with Gasteiger partial charge in [0.2, 0.25) is 0 Å². The van der Waals surface area contributed by atoms with E-state index >= 15 is 0 Å². The van der Waals surface area contributed by atoms with E-state index < -0.39 is 0 Å². The molecule has 0 aromatic heterocycles. The number of rotatable bonds is 4. The van der Waals surface area contributed by atoms with Crippen LogP contribution in [0.4, 0.5) is 5.69 Å². The fourth-order valence-corrected chi connectivity index (χ4v) is 1.17. The predicted octanol–water partition coefficient (Wildman–Crippen LogP) is 2.26. The molecule has 0 atom stereocenters. The summed E-state index contributed by atoms with van der Waals surface area (Å²) in [6.07, 6.45) is 0.953. The van der Waals surface area contributed by atoms with Crippen molar-refractivity contribution in [2.75, 3.05) is 12.3 Å². The number of ketones is 1. The van der Waals surface area contributed by atoms with Gasteiger partial charge in [-0.25, -0.2) is 0 Å². The van der Waals surface area contributed by atoms with Gasteiger partial charge in [-0.1, -0.05) is 6.92 Å². The standard InChI is InChI=1S/C11H15NO2/c1-3-6-14-9-4-5-10(8(2)13)11(12)7-9/h4-5,7H,3,6,12H2,1-2H3. The van der Waals surface area contributed by atoms with E-state index in [2.05, 4.69) is 0 Å². The second-order valence-electron chi connectivity index (χ2n) is 3.15. The van der Waals surface area contributed by atoms with Crippen LogP contribution in [0, 0.1) is 0 Å². The number of ether oxygens (including phenoxy) is 1. The molecule has 3 heteroatoms. The Labute approximate surface area is 83.9 Å². The molecular weight excluding hydrogens is 178 g/mol. The van der Waals surface area contributed by atoms with E-state index in [4.69, 9.17) is 10.5 Å². The number of hydrogen-bond acceptors (Lipinski definition) is 3. The molecule has 0 aliphatic rings. The number of nitrogen functional groups attached to an aromatic ring is 1. The Morgan fingerprint density at radius 1 is 1.50 bits per heavy atom. The minimum absolute atomic E-state index is 0.0236. The molecule has 0 amide bonds. The number of anilines is 1. The largest absolute Gasteiger partial charge is 0.494 e. The van der Waals surface area contributed by atoms with Crippen LogP contribution in [0.1, 0.15) is 30.6 Å². The van der Waals surface area contributed by atoms with Crippen LogP contribution in [0.25, 0.3) is 0 Å². The number of nitrogens with two attached hydrogens (primary N) is 1. The molecule has 1 rings (SSSR count). The summed E-state index contributed by atoms with van der Waals surface area (Å²) in [6.45, 7) is 4.20. The van der Waals surface area contributed by atoms with E-state index in [1.807, 2.05) is 6.92 Å². The van der Waals surface area contributed by atoms with Crippen molar-refractivity contribution in [2.24, 2.45) is 0 Å². The Bertz CT molecular complexity index is 334. The van der Waals surface area contributed by atoms with Crippen molar-refractivity contribution in [1.82, 2.24) is 0 Å². The average Bonchev–Trinajstić information content (AvgIpc) is 2.14. The maximum absolute atomic E-state index is 11.1. The smallest absolute Gasteiger partial charge is 0.161 e. The molecule has 0 saturated heterocycles. The van der Waals surface area contributed by atoms with Gasteiger partial charge in [0.1, 0.15) is 5.75 Å². The summed E-state index contributed by atoms with van der Waals surface area (Å²) in [5, 5.41) is 0. The summed E-state index contributed by atoms with van der Waals surface area (Å²) in [5.41, 5.74) is 6.72. The molecule has 0 fully saturated rings. The van der Waals surface area contributed by atoms with Crippen molar-refractivity contribution in [1.29, 1.82) is 0 Å². The molecule has 1 aromatic carbocycles. The molecule has 2 N–H and O–H groups in total. The highest BCUT2D eigenvalue weighted by Crippen LogP contribution is 2.20. The van der Waals surface area contributed by atoms with Gasteiger partial charge in [0.25, 0.3) is 0 Å². The SMILES string of the molecule is CCCOc1ccc(C(C)=O)c(N)c1. The Kier molecular flexibility index (Phi) is 3.51. The monoisotopic (exact) mass is 193 g/mol. The van der Waals surface area contributed by atoms with Gasteiger partial charge in [0.15, 0.2) is 5.78 Å². The van der Waals surface area contributed by atoms with Crippen LogP contribution in [0.15, 0.2) is 18.2 Å². The fraction of sp³-hybridized carbons (Fsp3) is 0.364. The predicted molar refractivity (Wildman–Crippen MR) is 56.6 cm³/mol. The van der Waals surface area contributed by atoms with Crippen molar-refractivity contribution in [3.05, 3.63) is 23.8 Å². The van der Waals surface area contributed by atoms with Crippen LogP contribution in [0.2, 0.25) is 0 Å². The van der Waals surface area contributed by atoms with Gasteiger partial charge in [-0.3, -0.25) is 4.79 Å². The minimum Gasteiger partial charge on any atom is -0.494 e. The van der Waals surface area contributed by atoms with E-state index in [0.29, 0.717) is 23.6 Å². The zero-order chi connectivity index (χ0) is 10.6. The van der Waals surface area contributed by atoms with Crippen LogP contribution in [0.3, 0.4) is 0 Å². The van der Waals surface area contributed by atoms with Crippen molar-refractivity contribution >= 4 is 11.5 Å². The first kappa shape index (κ1) is 10.6. The number of carbonyl (C=O) groups excluding carboxylic acids is 1. The minimum atomic E-state index is -0.0236. The van der Waals surface area contributed by atoms with Gasteiger partial charge < -0.3 is 10.5 Å². The third-order valence-electron chi connectivity index (χ3n) is 1.88. The Morgan fingerprint density at radius 2 is 2.21 bits per heavy atom. The lowest BCUT2D eigenvalue weighted by Gasteiger charge is -2.07. The van der Waals surface area contributed by atoms with Crippen molar-refractivity contribution in [3.8, 4) is 5.75 Å². The van der Waals surface area contributed by atoms with Crippen molar-refractivity contribution < 1.29 is 9.53 Å². The van der Waals surface area contributed by atoms with Crippen LogP contribution in [-0.2, 0) is 0 Å². The maximum Gasteiger partial charge on any atom is 0.161 e. The zero-order valence-corrected chi connectivity index (χ0v) is 8.54. The molecule has 14 heavy (non-hydrogen) atoms. The summed E-state index contributed by atoms with van der Waals surface area (Å²) in [7, 11) is 0. The van der Waals surface area contributed by atoms with E-state index in [0.717, 1.165) is 6.42 Å². The molecule has 1 aromatic rings. The van der Waals surface area contributed by atoms with E-state index in [9.17, 15) is 4.79 Å². The van der Waals surface area contributed by atoms with Crippen LogP contribution in [0.5, 0.6) is 5.75 Å². The highest BCUT2D eigenvalue weighted by atomic mass is 16.5. The molecule has 0 heterocycles. The lowest BCUT2D eigenvalue weighted by molar-refractivity contribution is 0.101. The first-order valence-electron chi connectivity index (χ1n) is 4.68. The highest BCUT2D eigenvalue weighted by molar-refractivity contribution is 5.99. The van der Waals surface area contributed by atoms with Gasteiger partial charge in [-0.15, -0.1) is 0 Å². The van der Waals surface area contributed by atoms with Gasteiger partial charge in [-0.05, 0) is 25.5 Å². The molecule has 0 bridgehead atoms. The summed E-state index contributed by atoms with van der Waals surface area (Å²) >= 11 is 0. The van der Waals surface area contributed by atoms with Gasteiger partial charge in [-0.2, -0.15) is 0 Å². The summed E-state index contributed by atoms with van der Waals surface area (Å²) < 4.78 is 5.38. The molecule has 0 aliphatic heterocycles. The Balaban J connectivity index is 2.83. The second kappa shape index (κ2) is 4.65. The third-order valence-corrected chi connectivity index (χ3v) is 1.88. The number of Topliss-reactive ketones (excluding diaryl/α,β-unsaturated/α-hetero) is 1. The summed E-state index contributed by atoms with van der Waals surface area (Å²) in [6, 6.07) is 5.15. The molecular formula is C11H15NO2. The first-order valence-corrected chi connectivity index (χ1v) is 4.68. The Morgan fingerprint density at radius 3 is 2.71 bits per heavy atom. The molecule has 76 valence electrons. The number of benzene rings is 1. The summed E-state index contributed by atoms with van der Waals surface area (Å²) in [5.74, 6) is 0.693. The lowest BCUT2D eigenvalue weighted by atomic mass is 10.1. The fourth-order valence-electron chi connectivity index (χ4n) is 1.17. The van der Waals surface area contributed by atoms with E-state index in [1.54, 1.807) is 18.2 Å². The normalized spacial score (nSPS) is 9.86. The number of carbonyl (C=O) groups is 1. The quantitative estimate of drug-likeness (QED) is 0.589. The van der Waals surface area contributed by atoms with E-state index in [-0.39, 0.29) is 5.78 Å². The molecule has 0 unspecified atom stereocenters. The Hall–Kier alpha value is -1.51. The van der Waals surface area contributed by atoms with Crippen LogP contribution >= 0.6 is 0 Å². The first-order chi connectivity index (χ1) is 6.65. The van der Waals surface area contributed by atoms with Gasteiger partial charge in [0.05, 0.1) is 6.61 Å². The highest BCUT2D eigenvalue weighted by Gasteiger charge is 2.05. The molecule has 0 radical (unpaired) electrons. The molecule has 3 nitrogen and oxygen atoms in total.